The third-order valence-electron chi connectivity index (χ3n) is 4.71. The molecule has 2 saturated heterocycles. The van der Waals surface area contributed by atoms with E-state index in [0.29, 0.717) is 18.5 Å². The molecule has 0 saturated carbocycles. The van der Waals surface area contributed by atoms with Crippen LogP contribution in [0, 0.1) is 0 Å². The van der Waals surface area contributed by atoms with Crippen LogP contribution in [-0.4, -0.2) is 50.2 Å². The maximum atomic E-state index is 12.7. The molecule has 1 aromatic carbocycles. The third kappa shape index (κ3) is 4.09. The zero-order valence-electron chi connectivity index (χ0n) is 13.7. The van der Waals surface area contributed by atoms with Crippen molar-refractivity contribution in [3.8, 4) is 11.5 Å². The number of carbonyl (C=O) groups excluding carboxylic acids is 1. The minimum Gasteiger partial charge on any atom is -0.497 e. The van der Waals surface area contributed by atoms with Gasteiger partial charge in [0.2, 0.25) is 5.91 Å². The number of carbonyl (C=O) groups is 1. The molecule has 0 radical (unpaired) electrons. The molecular formula is C17H25ClN2O3. The van der Waals surface area contributed by atoms with Crippen LogP contribution in [0.2, 0.25) is 0 Å². The van der Waals surface area contributed by atoms with Crippen molar-refractivity contribution in [2.45, 2.75) is 37.8 Å². The topological polar surface area (TPSA) is 50.8 Å². The summed E-state index contributed by atoms with van der Waals surface area (Å²) in [7, 11) is 3.26. The van der Waals surface area contributed by atoms with Gasteiger partial charge in [-0.05, 0) is 37.5 Å². The maximum absolute atomic E-state index is 12.7. The number of rotatable bonds is 4. The number of hydrogen-bond acceptors (Lipinski definition) is 4. The van der Waals surface area contributed by atoms with Gasteiger partial charge in [0.15, 0.2) is 0 Å². The number of hydrogen-bond donors (Lipinski definition) is 1. The Morgan fingerprint density at radius 3 is 2.74 bits per heavy atom. The van der Waals surface area contributed by atoms with E-state index in [1.165, 1.54) is 12.8 Å². The van der Waals surface area contributed by atoms with Crippen molar-refractivity contribution in [3.05, 3.63) is 23.8 Å². The fourth-order valence-corrected chi connectivity index (χ4v) is 3.46. The van der Waals surface area contributed by atoms with Gasteiger partial charge in [0.1, 0.15) is 11.5 Å². The van der Waals surface area contributed by atoms with Gasteiger partial charge in [0.25, 0.3) is 0 Å². The number of ether oxygens (including phenoxy) is 2. The van der Waals surface area contributed by atoms with Crippen molar-refractivity contribution in [3.63, 3.8) is 0 Å². The molecule has 0 aromatic heterocycles. The average Bonchev–Trinajstić information content (AvgIpc) is 2.86. The van der Waals surface area contributed by atoms with Crippen LogP contribution in [0.3, 0.4) is 0 Å². The second-order valence-electron chi connectivity index (χ2n) is 6.12. The summed E-state index contributed by atoms with van der Waals surface area (Å²) in [5.41, 5.74) is 0.884. The Morgan fingerprint density at radius 2 is 2.00 bits per heavy atom. The van der Waals surface area contributed by atoms with Crippen molar-refractivity contribution in [1.29, 1.82) is 0 Å². The van der Waals surface area contributed by atoms with Crippen LogP contribution in [0.4, 0.5) is 0 Å². The summed E-state index contributed by atoms with van der Waals surface area (Å²) in [5.74, 6) is 1.66. The lowest BCUT2D eigenvalue weighted by molar-refractivity contribution is -0.130. The van der Waals surface area contributed by atoms with E-state index in [9.17, 15) is 4.79 Å². The summed E-state index contributed by atoms with van der Waals surface area (Å²) in [6.45, 7) is 1.67. The lowest BCUT2D eigenvalue weighted by atomic mass is 10.1. The first-order valence-corrected chi connectivity index (χ1v) is 7.94. The Kier molecular flexibility index (Phi) is 6.13. The van der Waals surface area contributed by atoms with E-state index in [0.717, 1.165) is 36.6 Å². The van der Waals surface area contributed by atoms with Gasteiger partial charge in [0.05, 0.1) is 20.6 Å². The Morgan fingerprint density at radius 1 is 1.22 bits per heavy atom. The molecule has 1 aromatic rings. The normalized spacial score (nSPS) is 23.0. The summed E-state index contributed by atoms with van der Waals surface area (Å²) in [6.07, 6.45) is 3.84. The summed E-state index contributed by atoms with van der Waals surface area (Å²) < 4.78 is 10.6. The number of halogens is 1. The van der Waals surface area contributed by atoms with Crippen molar-refractivity contribution in [2.75, 3.05) is 27.3 Å². The van der Waals surface area contributed by atoms with Gasteiger partial charge in [-0.1, -0.05) is 0 Å². The quantitative estimate of drug-likeness (QED) is 0.911. The lowest BCUT2D eigenvalue weighted by Crippen LogP contribution is -2.39. The fraction of sp³-hybridized carbons (Fsp3) is 0.588. The van der Waals surface area contributed by atoms with Gasteiger partial charge in [-0.2, -0.15) is 0 Å². The van der Waals surface area contributed by atoms with E-state index in [4.69, 9.17) is 9.47 Å². The molecule has 2 bridgehead atoms. The molecule has 2 heterocycles. The van der Waals surface area contributed by atoms with Gasteiger partial charge in [0, 0.05) is 30.7 Å². The number of benzene rings is 1. The Balaban J connectivity index is 0.00000192. The molecule has 2 atom stereocenters. The highest BCUT2D eigenvalue weighted by Gasteiger charge is 2.31. The largest absolute Gasteiger partial charge is 0.497 e. The molecule has 128 valence electrons. The highest BCUT2D eigenvalue weighted by atomic mass is 35.5. The van der Waals surface area contributed by atoms with E-state index in [1.54, 1.807) is 14.2 Å². The Bertz CT molecular complexity index is 553. The van der Waals surface area contributed by atoms with Crippen LogP contribution < -0.4 is 14.8 Å². The van der Waals surface area contributed by atoms with E-state index in [1.807, 2.05) is 23.1 Å². The summed E-state index contributed by atoms with van der Waals surface area (Å²) in [4.78, 5) is 14.7. The SMILES string of the molecule is COc1ccc(OC)c(CC(=O)N2CCC3CCC(C2)N3)c1.Cl. The second-order valence-corrected chi connectivity index (χ2v) is 6.12. The Labute approximate surface area is 143 Å². The fourth-order valence-electron chi connectivity index (χ4n) is 3.46. The molecule has 0 spiro atoms. The minimum absolute atomic E-state index is 0. The highest BCUT2D eigenvalue weighted by molar-refractivity contribution is 5.85. The number of amides is 1. The van der Waals surface area contributed by atoms with Gasteiger partial charge in [-0.15, -0.1) is 12.4 Å². The first kappa shape index (κ1) is 17.9. The molecule has 2 aliphatic rings. The molecule has 1 amide bonds. The first-order chi connectivity index (χ1) is 10.7. The van der Waals surface area contributed by atoms with Crippen LogP contribution in [0.1, 0.15) is 24.8 Å². The molecule has 2 fully saturated rings. The second kappa shape index (κ2) is 7.88. The van der Waals surface area contributed by atoms with Crippen LogP contribution in [0.25, 0.3) is 0 Å². The van der Waals surface area contributed by atoms with Gasteiger partial charge >= 0.3 is 0 Å². The smallest absolute Gasteiger partial charge is 0.227 e. The van der Waals surface area contributed by atoms with Gasteiger partial charge in [-0.3, -0.25) is 4.79 Å². The third-order valence-corrected chi connectivity index (χ3v) is 4.71. The highest BCUT2D eigenvalue weighted by Crippen LogP contribution is 2.26. The van der Waals surface area contributed by atoms with E-state index in [2.05, 4.69) is 5.32 Å². The minimum atomic E-state index is 0. The van der Waals surface area contributed by atoms with Crippen LogP contribution in [-0.2, 0) is 11.2 Å². The Hall–Kier alpha value is -1.46. The summed E-state index contributed by atoms with van der Waals surface area (Å²) in [6, 6.07) is 6.64. The molecule has 0 aliphatic carbocycles. The monoisotopic (exact) mass is 340 g/mol. The number of methoxy groups -OCH3 is 2. The van der Waals surface area contributed by atoms with E-state index >= 15 is 0 Å². The maximum Gasteiger partial charge on any atom is 0.227 e. The first-order valence-electron chi connectivity index (χ1n) is 7.94. The predicted molar refractivity (Wildman–Crippen MR) is 91.6 cm³/mol. The van der Waals surface area contributed by atoms with Crippen molar-refractivity contribution in [2.24, 2.45) is 0 Å². The van der Waals surface area contributed by atoms with Gasteiger partial charge < -0.3 is 19.7 Å². The molecular weight excluding hydrogens is 316 g/mol. The lowest BCUT2D eigenvalue weighted by Gasteiger charge is -2.24. The van der Waals surface area contributed by atoms with Gasteiger partial charge in [-0.25, -0.2) is 0 Å². The van der Waals surface area contributed by atoms with E-state index < -0.39 is 0 Å². The molecule has 1 N–H and O–H groups in total. The molecule has 2 aliphatic heterocycles. The zero-order chi connectivity index (χ0) is 15.5. The van der Waals surface area contributed by atoms with Crippen LogP contribution >= 0.6 is 12.4 Å². The molecule has 23 heavy (non-hydrogen) atoms. The molecule has 5 nitrogen and oxygen atoms in total. The molecule has 3 rings (SSSR count). The standard InChI is InChI=1S/C17H24N2O3.ClH/c1-21-15-5-6-16(22-2)12(9-15)10-17(20)19-8-7-13-3-4-14(11-19)18-13;/h5-6,9,13-14,18H,3-4,7-8,10-11H2,1-2H3;1H. The average molecular weight is 341 g/mol. The van der Waals surface area contributed by atoms with E-state index in [-0.39, 0.29) is 18.3 Å². The molecule has 6 heteroatoms. The number of nitrogens with one attached hydrogen (secondary N) is 1. The van der Waals surface area contributed by atoms with Crippen molar-refractivity contribution in [1.82, 2.24) is 10.2 Å². The predicted octanol–water partition coefficient (Wildman–Crippen LogP) is 2.02. The van der Waals surface area contributed by atoms with Crippen LogP contribution in [0.5, 0.6) is 11.5 Å². The van der Waals surface area contributed by atoms with Crippen molar-refractivity contribution >= 4 is 18.3 Å². The summed E-state index contributed by atoms with van der Waals surface area (Å²) >= 11 is 0. The zero-order valence-corrected chi connectivity index (χ0v) is 14.5. The molecule has 2 unspecified atom stereocenters. The number of fused-ring (bicyclic) bond motifs is 2. The summed E-state index contributed by atoms with van der Waals surface area (Å²) in [5, 5.41) is 3.60. The van der Waals surface area contributed by atoms with Crippen LogP contribution in [0.15, 0.2) is 18.2 Å². The number of likely N-dealkylation sites (tertiary alicyclic amines) is 1. The number of nitrogens with zero attached hydrogens (tertiary/aromatic N) is 1. The van der Waals surface area contributed by atoms with Crippen molar-refractivity contribution < 1.29 is 14.3 Å².